The van der Waals surface area contributed by atoms with Gasteiger partial charge in [0.15, 0.2) is 11.5 Å². The quantitative estimate of drug-likeness (QED) is 0.413. The predicted molar refractivity (Wildman–Crippen MR) is 127 cm³/mol. The van der Waals surface area contributed by atoms with E-state index in [9.17, 15) is 20.0 Å². The first-order valence-corrected chi connectivity index (χ1v) is 11.1. The molecule has 0 spiro atoms. The van der Waals surface area contributed by atoms with Crippen molar-refractivity contribution in [1.82, 2.24) is 0 Å². The number of benzene rings is 2. The van der Waals surface area contributed by atoms with Gasteiger partial charge in [0.05, 0.1) is 28.9 Å². The van der Waals surface area contributed by atoms with Gasteiger partial charge in [0.25, 0.3) is 0 Å². The third kappa shape index (κ3) is 4.13. The van der Waals surface area contributed by atoms with Crippen molar-refractivity contribution in [2.45, 2.75) is 53.5 Å². The predicted octanol–water partition coefficient (Wildman–Crippen LogP) is 5.54. The number of carbonyl (C=O) groups excluding carboxylic acids is 1. The number of anilines is 2. The van der Waals surface area contributed by atoms with Crippen LogP contribution in [0.15, 0.2) is 35.5 Å². The number of hydrogen-bond donors (Lipinski definition) is 3. The van der Waals surface area contributed by atoms with E-state index in [4.69, 9.17) is 4.74 Å². The van der Waals surface area contributed by atoms with Gasteiger partial charge in [-0.05, 0) is 67.5 Å². The third-order valence-corrected chi connectivity index (χ3v) is 6.33. The monoisotopic (exact) mass is 451 g/mol. The summed E-state index contributed by atoms with van der Waals surface area (Å²) in [6, 6.07) is 6.31. The maximum Gasteiger partial charge on any atom is 0.315 e. The number of fused-ring (bicyclic) bond motifs is 1. The zero-order valence-electron chi connectivity index (χ0n) is 19.5. The first-order chi connectivity index (χ1) is 15.5. The summed E-state index contributed by atoms with van der Waals surface area (Å²) in [4.78, 5) is 24.4. The second-order valence-electron chi connectivity index (χ2n) is 9.59. The second kappa shape index (κ2) is 8.10. The number of rotatable bonds is 4. The van der Waals surface area contributed by atoms with Crippen LogP contribution in [0.3, 0.4) is 0 Å². The van der Waals surface area contributed by atoms with Gasteiger partial charge in [0.1, 0.15) is 0 Å². The van der Waals surface area contributed by atoms with Crippen LogP contribution in [-0.4, -0.2) is 22.4 Å². The van der Waals surface area contributed by atoms with Crippen LogP contribution in [0.5, 0.6) is 11.5 Å². The number of nitro benzene ring substituents is 1. The van der Waals surface area contributed by atoms with Crippen LogP contribution >= 0.6 is 0 Å². The van der Waals surface area contributed by atoms with Crippen LogP contribution in [-0.2, 0) is 4.79 Å². The lowest BCUT2D eigenvalue weighted by atomic mass is 9.73. The minimum Gasteiger partial charge on any atom is -0.500 e. The van der Waals surface area contributed by atoms with Gasteiger partial charge < -0.3 is 20.5 Å². The Balaban J connectivity index is 1.96. The normalized spacial score (nSPS) is 19.1. The van der Waals surface area contributed by atoms with Crippen LogP contribution in [0, 0.1) is 29.4 Å². The number of nitrogens with zero attached hydrogens (tertiary/aromatic N) is 1. The Morgan fingerprint density at radius 1 is 1.15 bits per heavy atom. The minimum absolute atomic E-state index is 0.0128. The standard InChI is InChI=1S/C25H29N3O5/c1-6-33-21-10-15(9-19(24(21)30)28(31)32)23-22-18(11-25(4,5)12-20(22)29)26-16-7-13(2)14(3)8-17(16)27-23/h7-10,23,26-27,30H,6,11-12H2,1-5H3/t23-/m1/s1. The number of nitrogens with one attached hydrogen (secondary N) is 2. The highest BCUT2D eigenvalue weighted by molar-refractivity contribution is 6.01. The fraction of sp³-hybridized carbons (Fsp3) is 0.400. The third-order valence-electron chi connectivity index (χ3n) is 6.33. The Morgan fingerprint density at radius 2 is 1.82 bits per heavy atom. The summed E-state index contributed by atoms with van der Waals surface area (Å²) in [5.74, 6) is -0.512. The lowest BCUT2D eigenvalue weighted by Gasteiger charge is -2.34. The van der Waals surface area contributed by atoms with Gasteiger partial charge in [0, 0.05) is 23.8 Å². The molecule has 2 aromatic rings. The molecular formula is C25H29N3O5. The van der Waals surface area contributed by atoms with Gasteiger partial charge in [-0.3, -0.25) is 14.9 Å². The highest BCUT2D eigenvalue weighted by Crippen LogP contribution is 2.48. The Hall–Kier alpha value is -3.55. The van der Waals surface area contributed by atoms with Crippen molar-refractivity contribution in [2.75, 3.05) is 17.2 Å². The van der Waals surface area contributed by atoms with Crippen molar-refractivity contribution >= 4 is 22.8 Å². The molecule has 0 radical (unpaired) electrons. The Morgan fingerprint density at radius 3 is 2.45 bits per heavy atom. The number of aryl methyl sites for hydroxylation is 2. The molecule has 0 saturated heterocycles. The Bertz CT molecular complexity index is 1200. The van der Waals surface area contributed by atoms with E-state index in [0.29, 0.717) is 24.0 Å². The van der Waals surface area contributed by atoms with Gasteiger partial charge in [-0.15, -0.1) is 0 Å². The summed E-state index contributed by atoms with van der Waals surface area (Å²) < 4.78 is 5.49. The van der Waals surface area contributed by atoms with Crippen molar-refractivity contribution in [3.8, 4) is 11.5 Å². The first kappa shape index (κ1) is 22.6. The maximum absolute atomic E-state index is 13.4. The molecule has 33 heavy (non-hydrogen) atoms. The smallest absolute Gasteiger partial charge is 0.315 e. The van der Waals surface area contributed by atoms with Gasteiger partial charge in [-0.2, -0.15) is 0 Å². The number of phenolic OH excluding ortho intramolecular Hbond substituents is 1. The highest BCUT2D eigenvalue weighted by atomic mass is 16.6. The molecule has 0 unspecified atom stereocenters. The number of ketones is 1. The zero-order valence-corrected chi connectivity index (χ0v) is 19.5. The lowest BCUT2D eigenvalue weighted by molar-refractivity contribution is -0.386. The fourth-order valence-corrected chi connectivity index (χ4v) is 4.65. The zero-order chi connectivity index (χ0) is 24.1. The van der Waals surface area contributed by atoms with Gasteiger partial charge >= 0.3 is 5.69 Å². The number of aromatic hydroxyl groups is 1. The summed E-state index contributed by atoms with van der Waals surface area (Å²) in [5.41, 5.74) is 5.04. The molecular weight excluding hydrogens is 422 g/mol. The molecule has 174 valence electrons. The van der Waals surface area contributed by atoms with Crippen LogP contribution in [0.4, 0.5) is 17.1 Å². The number of Topliss-reactive ketones (excluding diaryl/α,β-unsaturated/α-hetero) is 1. The average Bonchev–Trinajstić information content (AvgIpc) is 2.85. The molecule has 4 rings (SSSR count). The number of ether oxygens (including phenoxy) is 1. The van der Waals surface area contributed by atoms with Gasteiger partial charge in [-0.25, -0.2) is 0 Å². The number of hydrogen-bond acceptors (Lipinski definition) is 7. The average molecular weight is 452 g/mol. The van der Waals surface area contributed by atoms with Crippen molar-refractivity contribution in [3.05, 3.63) is 62.3 Å². The fourth-order valence-electron chi connectivity index (χ4n) is 4.65. The second-order valence-corrected chi connectivity index (χ2v) is 9.59. The van der Waals surface area contributed by atoms with E-state index in [1.54, 1.807) is 13.0 Å². The molecule has 2 aliphatic rings. The molecule has 0 bridgehead atoms. The van der Waals surface area contributed by atoms with E-state index < -0.39 is 22.4 Å². The SMILES string of the molecule is CCOc1cc([C@H]2Nc3cc(C)c(C)cc3NC3=C2C(=O)CC(C)(C)C3)cc([N+](=O)[O-])c1O. The number of phenols is 1. The summed E-state index contributed by atoms with van der Waals surface area (Å²) in [6.45, 7) is 10.1. The van der Waals surface area contributed by atoms with Crippen LogP contribution in [0.1, 0.15) is 56.3 Å². The minimum atomic E-state index is -0.641. The largest absolute Gasteiger partial charge is 0.500 e. The van der Waals surface area contributed by atoms with Gasteiger partial charge in [0.2, 0.25) is 5.75 Å². The van der Waals surface area contributed by atoms with Crippen LogP contribution in [0.25, 0.3) is 0 Å². The molecule has 3 N–H and O–H groups in total. The molecule has 0 aromatic heterocycles. The van der Waals surface area contributed by atoms with E-state index >= 15 is 0 Å². The van der Waals surface area contributed by atoms with Gasteiger partial charge in [-0.1, -0.05) is 13.8 Å². The van der Waals surface area contributed by atoms with Crippen LogP contribution in [0.2, 0.25) is 0 Å². The highest BCUT2D eigenvalue weighted by Gasteiger charge is 2.39. The van der Waals surface area contributed by atoms with Crippen molar-refractivity contribution < 1.29 is 19.6 Å². The van der Waals surface area contributed by atoms with E-state index in [1.165, 1.54) is 6.07 Å². The maximum atomic E-state index is 13.4. The first-order valence-electron chi connectivity index (χ1n) is 11.1. The molecule has 1 aliphatic heterocycles. The van der Waals surface area contributed by atoms with E-state index in [-0.39, 0.29) is 23.6 Å². The molecule has 8 heteroatoms. The summed E-state index contributed by atoms with van der Waals surface area (Å²) in [6.07, 6.45) is 1.04. The van der Waals surface area contributed by atoms with Crippen molar-refractivity contribution in [2.24, 2.45) is 5.41 Å². The van der Waals surface area contributed by atoms with Crippen molar-refractivity contribution in [3.63, 3.8) is 0 Å². The Labute approximate surface area is 192 Å². The molecule has 1 atom stereocenters. The Kier molecular flexibility index (Phi) is 5.56. The molecule has 2 aromatic carbocycles. The summed E-state index contributed by atoms with van der Waals surface area (Å²) >= 11 is 0. The molecule has 0 amide bonds. The summed E-state index contributed by atoms with van der Waals surface area (Å²) in [7, 11) is 0. The molecule has 8 nitrogen and oxygen atoms in total. The number of carbonyl (C=O) groups is 1. The van der Waals surface area contributed by atoms with E-state index in [0.717, 1.165) is 28.2 Å². The molecule has 1 heterocycles. The van der Waals surface area contributed by atoms with Crippen molar-refractivity contribution in [1.29, 1.82) is 0 Å². The molecule has 1 aliphatic carbocycles. The van der Waals surface area contributed by atoms with Crippen LogP contribution < -0.4 is 15.4 Å². The topological polar surface area (TPSA) is 114 Å². The van der Waals surface area contributed by atoms with E-state index in [1.807, 2.05) is 26.0 Å². The molecule has 0 fully saturated rings. The summed E-state index contributed by atoms with van der Waals surface area (Å²) in [5, 5.41) is 29.0. The van der Waals surface area contributed by atoms with E-state index in [2.05, 4.69) is 24.5 Å². The lowest BCUT2D eigenvalue weighted by Crippen LogP contribution is -2.31. The molecule has 0 saturated carbocycles. The number of nitro groups is 1. The number of allylic oxidation sites excluding steroid dienone is 1.